The highest BCUT2D eigenvalue weighted by atomic mass is 14.9. The van der Waals surface area contributed by atoms with Gasteiger partial charge in [0.15, 0.2) is 0 Å². The van der Waals surface area contributed by atoms with Gasteiger partial charge in [-0.15, -0.1) is 0 Å². The predicted octanol–water partition coefficient (Wildman–Crippen LogP) is 1.64. The predicted molar refractivity (Wildman–Crippen MR) is 50.8 cm³/mol. The molecule has 0 amide bonds. The molecule has 62 valence electrons. The van der Waals surface area contributed by atoms with Crippen molar-refractivity contribution >= 4 is 10.9 Å². The van der Waals surface area contributed by atoms with Crippen LogP contribution < -0.4 is 5.73 Å². The van der Waals surface area contributed by atoms with Crippen LogP contribution in [0.1, 0.15) is 5.56 Å². The Kier molecular flexibility index (Phi) is 1.62. The standard InChI is InChI=1S/C10H12N2/c1-12-5-4-9-3-2-8(7-11)6-10(9)12/h2-6H,7,11H2,1H3. The summed E-state index contributed by atoms with van der Waals surface area (Å²) in [5.41, 5.74) is 7.98. The van der Waals surface area contributed by atoms with Crippen LogP contribution in [0, 0.1) is 0 Å². The molecule has 1 aromatic carbocycles. The lowest BCUT2D eigenvalue weighted by Gasteiger charge is -1.99. The van der Waals surface area contributed by atoms with Crippen LogP contribution in [0.25, 0.3) is 10.9 Å². The summed E-state index contributed by atoms with van der Waals surface area (Å²) in [6, 6.07) is 8.42. The molecule has 0 saturated heterocycles. The maximum Gasteiger partial charge on any atom is 0.0480 e. The largest absolute Gasteiger partial charge is 0.351 e. The average Bonchev–Trinajstić information content (AvgIpc) is 2.47. The first-order chi connectivity index (χ1) is 5.81. The molecule has 2 heteroatoms. The highest BCUT2D eigenvalue weighted by Gasteiger charge is 1.97. The van der Waals surface area contributed by atoms with Crippen molar-refractivity contribution in [3.63, 3.8) is 0 Å². The second-order valence-electron chi connectivity index (χ2n) is 3.02. The summed E-state index contributed by atoms with van der Waals surface area (Å²) in [7, 11) is 2.04. The minimum atomic E-state index is 0.612. The molecule has 1 aromatic heterocycles. The summed E-state index contributed by atoms with van der Waals surface area (Å²) >= 11 is 0. The maximum absolute atomic E-state index is 5.55. The molecule has 12 heavy (non-hydrogen) atoms. The van der Waals surface area contributed by atoms with Gasteiger partial charge >= 0.3 is 0 Å². The van der Waals surface area contributed by atoms with Crippen molar-refractivity contribution in [1.82, 2.24) is 4.57 Å². The molecule has 0 bridgehead atoms. The van der Waals surface area contributed by atoms with E-state index in [1.807, 2.05) is 7.05 Å². The normalized spacial score (nSPS) is 10.8. The first kappa shape index (κ1) is 7.37. The van der Waals surface area contributed by atoms with Gasteiger partial charge < -0.3 is 10.3 Å². The second kappa shape index (κ2) is 2.64. The maximum atomic E-state index is 5.55. The fraction of sp³-hybridized carbons (Fsp3) is 0.200. The number of rotatable bonds is 1. The molecule has 0 aliphatic heterocycles. The third kappa shape index (κ3) is 1.01. The Bertz CT molecular complexity index is 401. The van der Waals surface area contributed by atoms with E-state index in [9.17, 15) is 0 Å². The van der Waals surface area contributed by atoms with Gasteiger partial charge in [0.1, 0.15) is 0 Å². The van der Waals surface area contributed by atoms with Gasteiger partial charge in [-0.3, -0.25) is 0 Å². The molecule has 2 rings (SSSR count). The number of hydrogen-bond acceptors (Lipinski definition) is 1. The molecule has 0 atom stereocenters. The van der Waals surface area contributed by atoms with Crippen LogP contribution in [-0.2, 0) is 13.6 Å². The van der Waals surface area contributed by atoms with E-state index >= 15 is 0 Å². The third-order valence-corrected chi connectivity index (χ3v) is 2.19. The number of nitrogens with two attached hydrogens (primary N) is 1. The van der Waals surface area contributed by atoms with Crippen LogP contribution in [0.4, 0.5) is 0 Å². The number of benzene rings is 1. The molecule has 1 heterocycles. The number of nitrogens with zero attached hydrogens (tertiary/aromatic N) is 1. The van der Waals surface area contributed by atoms with Crippen molar-refractivity contribution in [3.05, 3.63) is 36.0 Å². The van der Waals surface area contributed by atoms with Gasteiger partial charge in [-0.2, -0.15) is 0 Å². The molecule has 2 aromatic rings. The second-order valence-corrected chi connectivity index (χ2v) is 3.02. The van der Waals surface area contributed by atoms with Gasteiger partial charge in [0, 0.05) is 25.3 Å². The molecule has 0 spiro atoms. The van der Waals surface area contributed by atoms with Crippen molar-refractivity contribution in [2.75, 3.05) is 0 Å². The third-order valence-electron chi connectivity index (χ3n) is 2.19. The Balaban J connectivity index is 2.71. The topological polar surface area (TPSA) is 30.9 Å². The highest BCUT2D eigenvalue weighted by molar-refractivity contribution is 5.80. The molecule has 0 aliphatic rings. The number of aromatic nitrogens is 1. The van der Waals surface area contributed by atoms with Gasteiger partial charge in [-0.1, -0.05) is 12.1 Å². The van der Waals surface area contributed by atoms with E-state index in [1.54, 1.807) is 0 Å². The summed E-state index contributed by atoms with van der Waals surface area (Å²) in [5.74, 6) is 0. The summed E-state index contributed by atoms with van der Waals surface area (Å²) < 4.78 is 2.11. The van der Waals surface area contributed by atoms with E-state index < -0.39 is 0 Å². The van der Waals surface area contributed by atoms with Crippen LogP contribution in [0.3, 0.4) is 0 Å². The molecule has 2 nitrogen and oxygen atoms in total. The summed E-state index contributed by atoms with van der Waals surface area (Å²) in [6.45, 7) is 0.612. The fourth-order valence-corrected chi connectivity index (χ4v) is 1.44. The van der Waals surface area contributed by atoms with Gasteiger partial charge in [0.25, 0.3) is 0 Å². The van der Waals surface area contributed by atoms with Gasteiger partial charge in [0.2, 0.25) is 0 Å². The van der Waals surface area contributed by atoms with Crippen LogP contribution in [0.2, 0.25) is 0 Å². The lowest BCUT2D eigenvalue weighted by Crippen LogP contribution is -1.96. The van der Waals surface area contributed by atoms with Crippen LogP contribution in [0.5, 0.6) is 0 Å². The van der Waals surface area contributed by atoms with Gasteiger partial charge in [-0.25, -0.2) is 0 Å². The summed E-state index contributed by atoms with van der Waals surface area (Å²) in [5, 5.41) is 1.27. The molecule has 0 unspecified atom stereocenters. The van der Waals surface area contributed by atoms with Crippen molar-refractivity contribution in [1.29, 1.82) is 0 Å². The van der Waals surface area contributed by atoms with E-state index in [2.05, 4.69) is 35.0 Å². The Labute approximate surface area is 71.6 Å². The zero-order valence-electron chi connectivity index (χ0n) is 7.12. The first-order valence-corrected chi connectivity index (χ1v) is 4.05. The molecular weight excluding hydrogens is 148 g/mol. The van der Waals surface area contributed by atoms with E-state index in [0.29, 0.717) is 6.54 Å². The van der Waals surface area contributed by atoms with Crippen LogP contribution in [0.15, 0.2) is 30.5 Å². The van der Waals surface area contributed by atoms with Crippen molar-refractivity contribution in [2.24, 2.45) is 12.8 Å². The highest BCUT2D eigenvalue weighted by Crippen LogP contribution is 2.15. The Morgan fingerprint density at radius 2 is 2.17 bits per heavy atom. The number of hydrogen-bond donors (Lipinski definition) is 1. The average molecular weight is 160 g/mol. The lowest BCUT2D eigenvalue weighted by atomic mass is 10.2. The number of aryl methyl sites for hydroxylation is 1. The molecule has 0 saturated carbocycles. The Morgan fingerprint density at radius 1 is 1.33 bits per heavy atom. The van der Waals surface area contributed by atoms with Crippen molar-refractivity contribution in [2.45, 2.75) is 6.54 Å². The summed E-state index contributed by atoms with van der Waals surface area (Å²) in [6.07, 6.45) is 2.06. The molecular formula is C10H12N2. The Hall–Kier alpha value is -1.28. The lowest BCUT2D eigenvalue weighted by molar-refractivity contribution is 0.965. The quantitative estimate of drug-likeness (QED) is 0.675. The molecule has 0 aliphatic carbocycles. The van der Waals surface area contributed by atoms with E-state index in [4.69, 9.17) is 5.73 Å². The van der Waals surface area contributed by atoms with Crippen LogP contribution in [-0.4, -0.2) is 4.57 Å². The Morgan fingerprint density at radius 3 is 2.92 bits per heavy atom. The minimum Gasteiger partial charge on any atom is -0.351 e. The molecule has 2 N–H and O–H groups in total. The smallest absolute Gasteiger partial charge is 0.0480 e. The van der Waals surface area contributed by atoms with Crippen molar-refractivity contribution in [3.8, 4) is 0 Å². The monoisotopic (exact) mass is 160 g/mol. The van der Waals surface area contributed by atoms with E-state index in [-0.39, 0.29) is 0 Å². The zero-order chi connectivity index (χ0) is 8.55. The minimum absolute atomic E-state index is 0.612. The first-order valence-electron chi connectivity index (χ1n) is 4.05. The fourth-order valence-electron chi connectivity index (χ4n) is 1.44. The SMILES string of the molecule is Cn1ccc2ccc(CN)cc21. The van der Waals surface area contributed by atoms with E-state index in [0.717, 1.165) is 0 Å². The molecule has 0 radical (unpaired) electrons. The van der Waals surface area contributed by atoms with Gasteiger partial charge in [-0.05, 0) is 23.1 Å². The molecule has 0 fully saturated rings. The van der Waals surface area contributed by atoms with Crippen molar-refractivity contribution < 1.29 is 0 Å². The van der Waals surface area contributed by atoms with Gasteiger partial charge in [0.05, 0.1) is 0 Å². The van der Waals surface area contributed by atoms with E-state index in [1.165, 1.54) is 16.5 Å². The zero-order valence-corrected chi connectivity index (χ0v) is 7.12. The summed E-state index contributed by atoms with van der Waals surface area (Å²) in [4.78, 5) is 0. The van der Waals surface area contributed by atoms with Crippen LogP contribution >= 0.6 is 0 Å². The number of fused-ring (bicyclic) bond motifs is 1.